The van der Waals surface area contributed by atoms with Gasteiger partial charge in [0.2, 0.25) is 0 Å². The highest BCUT2D eigenvalue weighted by Crippen LogP contribution is 2.35. The molecule has 0 saturated carbocycles. The van der Waals surface area contributed by atoms with E-state index in [1.165, 1.54) is 0 Å². The first kappa shape index (κ1) is 26.5. The van der Waals surface area contributed by atoms with Crippen LogP contribution in [0.2, 0.25) is 0 Å². The maximum absolute atomic E-state index is 10.3. The van der Waals surface area contributed by atoms with Gasteiger partial charge in [-0.1, -0.05) is 32.0 Å². The van der Waals surface area contributed by atoms with Crippen molar-refractivity contribution < 1.29 is 24.4 Å². The highest BCUT2D eigenvalue weighted by molar-refractivity contribution is 14.1. The topological polar surface area (TPSA) is 71.4 Å². The van der Waals surface area contributed by atoms with Crippen LogP contribution in [0.1, 0.15) is 25.0 Å². The summed E-state index contributed by atoms with van der Waals surface area (Å²) in [4.78, 5) is 2.20. The second-order valence-corrected chi connectivity index (χ2v) is 10.3. The molecule has 0 amide bonds. The lowest BCUT2D eigenvalue weighted by atomic mass is 9.78. The van der Waals surface area contributed by atoms with Crippen LogP contribution in [0.25, 0.3) is 0 Å². The van der Waals surface area contributed by atoms with Gasteiger partial charge >= 0.3 is 0 Å². The summed E-state index contributed by atoms with van der Waals surface area (Å²) < 4.78 is 17.8. The second kappa shape index (κ2) is 12.6. The minimum absolute atomic E-state index is 0.147. The number of morpholine rings is 1. The molecule has 1 fully saturated rings. The predicted octanol–water partition coefficient (Wildman–Crippen LogP) is 3.67. The molecule has 2 N–H and O–H groups in total. The van der Waals surface area contributed by atoms with E-state index in [-0.39, 0.29) is 24.5 Å². The zero-order valence-corrected chi connectivity index (χ0v) is 22.1. The van der Waals surface area contributed by atoms with Gasteiger partial charge in [-0.25, -0.2) is 0 Å². The number of aliphatic hydroxyl groups is 2. The summed E-state index contributed by atoms with van der Waals surface area (Å²) in [6.07, 6.45) is -1.22. The molecule has 0 radical (unpaired) electrons. The summed E-state index contributed by atoms with van der Waals surface area (Å²) in [7, 11) is 0. The third-order valence-corrected chi connectivity index (χ3v) is 7.05. The first-order valence-corrected chi connectivity index (χ1v) is 12.8. The standard InChI is InChI=1S/C25H33ClINO5/c1-25(2,19-5-8-24(23(27)13-19)33-16-20(29)14-26)18-3-6-22(7-4-18)32-17-21(30)15-28-9-11-31-12-10-28/h3-8,13,20-21,29-30H,9-12,14-17H2,1-2H3/t20-,21-/m0/s1. The summed E-state index contributed by atoms with van der Waals surface area (Å²) in [6, 6.07) is 14.1. The van der Waals surface area contributed by atoms with Crippen molar-refractivity contribution in [3.05, 3.63) is 57.2 Å². The second-order valence-electron chi connectivity index (χ2n) is 8.79. The van der Waals surface area contributed by atoms with Crippen molar-refractivity contribution in [2.75, 3.05) is 51.9 Å². The quantitative estimate of drug-likeness (QED) is 0.308. The van der Waals surface area contributed by atoms with Crippen LogP contribution in [0.3, 0.4) is 0 Å². The Morgan fingerprint density at radius 2 is 1.64 bits per heavy atom. The van der Waals surface area contributed by atoms with E-state index >= 15 is 0 Å². The monoisotopic (exact) mass is 589 g/mol. The van der Waals surface area contributed by atoms with Gasteiger partial charge in [-0.05, 0) is 58.0 Å². The number of β-amino-alcohol motifs (C(OH)–C–C–N with tert-alkyl or cyclic N) is 1. The molecule has 33 heavy (non-hydrogen) atoms. The molecule has 2 aromatic carbocycles. The number of ether oxygens (including phenoxy) is 3. The van der Waals surface area contributed by atoms with Crippen molar-refractivity contribution in [2.24, 2.45) is 0 Å². The Bertz CT molecular complexity index is 874. The van der Waals surface area contributed by atoms with Crippen molar-refractivity contribution in [1.82, 2.24) is 4.90 Å². The van der Waals surface area contributed by atoms with Crippen LogP contribution in [0, 0.1) is 3.57 Å². The Morgan fingerprint density at radius 3 is 2.27 bits per heavy atom. The van der Waals surface area contributed by atoms with Crippen LogP contribution in [-0.4, -0.2) is 79.3 Å². The molecule has 2 atom stereocenters. The van der Waals surface area contributed by atoms with Gasteiger partial charge in [0.15, 0.2) is 0 Å². The van der Waals surface area contributed by atoms with E-state index in [0.29, 0.717) is 6.54 Å². The molecule has 1 aliphatic heterocycles. The molecule has 0 unspecified atom stereocenters. The van der Waals surface area contributed by atoms with Gasteiger partial charge in [-0.2, -0.15) is 0 Å². The van der Waals surface area contributed by atoms with Crippen LogP contribution in [0.5, 0.6) is 11.5 Å². The molecule has 0 aliphatic carbocycles. The Morgan fingerprint density at radius 1 is 1.00 bits per heavy atom. The van der Waals surface area contributed by atoms with Gasteiger partial charge in [0, 0.05) is 25.0 Å². The smallest absolute Gasteiger partial charge is 0.132 e. The molecule has 1 heterocycles. The number of halogens is 2. The van der Waals surface area contributed by atoms with Gasteiger partial charge in [-0.3, -0.25) is 4.90 Å². The lowest BCUT2D eigenvalue weighted by Crippen LogP contribution is -2.42. The fourth-order valence-corrected chi connectivity index (χ4v) is 4.46. The predicted molar refractivity (Wildman–Crippen MR) is 139 cm³/mol. The van der Waals surface area contributed by atoms with Crippen molar-refractivity contribution in [2.45, 2.75) is 31.5 Å². The maximum Gasteiger partial charge on any atom is 0.132 e. The van der Waals surface area contributed by atoms with Crippen LogP contribution in [-0.2, 0) is 10.2 Å². The highest BCUT2D eigenvalue weighted by Gasteiger charge is 2.24. The van der Waals surface area contributed by atoms with E-state index in [4.69, 9.17) is 25.8 Å². The van der Waals surface area contributed by atoms with Crippen molar-refractivity contribution in [1.29, 1.82) is 0 Å². The van der Waals surface area contributed by atoms with Crippen LogP contribution < -0.4 is 9.47 Å². The first-order chi connectivity index (χ1) is 15.8. The lowest BCUT2D eigenvalue weighted by Gasteiger charge is -2.28. The lowest BCUT2D eigenvalue weighted by molar-refractivity contribution is 0.00465. The van der Waals surface area contributed by atoms with Crippen LogP contribution in [0.4, 0.5) is 0 Å². The van der Waals surface area contributed by atoms with Crippen molar-refractivity contribution in [3.8, 4) is 11.5 Å². The molecular weight excluding hydrogens is 557 g/mol. The maximum atomic E-state index is 10.3. The zero-order valence-electron chi connectivity index (χ0n) is 19.2. The largest absolute Gasteiger partial charge is 0.491 e. The Balaban J connectivity index is 1.57. The van der Waals surface area contributed by atoms with E-state index in [1.807, 2.05) is 18.2 Å². The number of hydrogen-bond acceptors (Lipinski definition) is 6. The average Bonchev–Trinajstić information content (AvgIpc) is 2.82. The summed E-state index contributed by atoms with van der Waals surface area (Å²) in [6.45, 7) is 8.52. The number of nitrogens with zero attached hydrogens (tertiary/aromatic N) is 1. The fraction of sp³-hybridized carbons (Fsp3) is 0.520. The summed E-state index contributed by atoms with van der Waals surface area (Å²) in [5.74, 6) is 1.62. The number of aliphatic hydroxyl groups excluding tert-OH is 2. The first-order valence-electron chi connectivity index (χ1n) is 11.2. The number of alkyl halides is 1. The Labute approximate surface area is 214 Å². The van der Waals surface area contributed by atoms with Gasteiger partial charge in [0.25, 0.3) is 0 Å². The van der Waals surface area contributed by atoms with Gasteiger partial charge in [0.1, 0.15) is 36.9 Å². The Kier molecular flexibility index (Phi) is 10.1. The normalized spacial score (nSPS) is 16.9. The number of hydrogen-bond donors (Lipinski definition) is 2. The minimum Gasteiger partial charge on any atom is -0.491 e. The van der Waals surface area contributed by atoms with Gasteiger partial charge < -0.3 is 24.4 Å². The van der Waals surface area contributed by atoms with E-state index in [1.54, 1.807) is 0 Å². The van der Waals surface area contributed by atoms with E-state index in [0.717, 1.165) is 52.5 Å². The summed E-state index contributed by atoms with van der Waals surface area (Å²) in [5.41, 5.74) is 2.10. The molecule has 2 aromatic rings. The van der Waals surface area contributed by atoms with E-state index in [2.05, 4.69) is 65.6 Å². The van der Waals surface area contributed by atoms with Gasteiger partial charge in [-0.15, -0.1) is 11.6 Å². The number of rotatable bonds is 11. The average molecular weight is 590 g/mol. The zero-order chi connectivity index (χ0) is 23.8. The number of benzene rings is 2. The van der Waals surface area contributed by atoms with E-state index < -0.39 is 12.2 Å². The van der Waals surface area contributed by atoms with Gasteiger partial charge in [0.05, 0.1) is 22.7 Å². The van der Waals surface area contributed by atoms with Crippen molar-refractivity contribution in [3.63, 3.8) is 0 Å². The van der Waals surface area contributed by atoms with Crippen molar-refractivity contribution >= 4 is 34.2 Å². The SMILES string of the molecule is CC(C)(c1ccc(OC[C@@H](O)CN2CCOCC2)cc1)c1ccc(OC[C@@H](O)CCl)c(I)c1. The third-order valence-electron chi connectivity index (χ3n) is 5.85. The summed E-state index contributed by atoms with van der Waals surface area (Å²) in [5, 5.41) is 19.9. The molecule has 6 nitrogen and oxygen atoms in total. The highest BCUT2D eigenvalue weighted by atomic mass is 127. The molecule has 0 bridgehead atoms. The van der Waals surface area contributed by atoms with Crippen LogP contribution >= 0.6 is 34.2 Å². The Hall–Kier alpha value is -1.10. The molecule has 3 rings (SSSR count). The molecule has 8 heteroatoms. The van der Waals surface area contributed by atoms with E-state index in [9.17, 15) is 10.2 Å². The summed E-state index contributed by atoms with van der Waals surface area (Å²) >= 11 is 7.89. The fourth-order valence-electron chi connectivity index (χ4n) is 3.70. The minimum atomic E-state index is -0.681. The molecule has 0 spiro atoms. The van der Waals surface area contributed by atoms with Crippen LogP contribution in [0.15, 0.2) is 42.5 Å². The molecule has 182 valence electrons. The molecule has 1 aliphatic rings. The third kappa shape index (κ3) is 7.70. The molecular formula is C25H33ClINO5. The molecule has 1 saturated heterocycles. The molecule has 0 aromatic heterocycles.